The molecular weight excluding hydrogens is 402 g/mol. The van der Waals surface area contributed by atoms with Crippen molar-refractivity contribution < 1.29 is 19.0 Å². The molecule has 162 valence electrons. The van der Waals surface area contributed by atoms with Gasteiger partial charge in [-0.1, -0.05) is 36.4 Å². The highest BCUT2D eigenvalue weighted by Crippen LogP contribution is 2.43. The van der Waals surface area contributed by atoms with Crippen LogP contribution in [0.25, 0.3) is 6.08 Å². The van der Waals surface area contributed by atoms with Crippen LogP contribution in [0.1, 0.15) is 38.2 Å². The second kappa shape index (κ2) is 8.17. The number of fused-ring (bicyclic) bond motifs is 2. The number of nitrogens with zero attached hydrogens (tertiary/aromatic N) is 1. The molecule has 0 spiro atoms. The third-order valence-electron chi connectivity index (χ3n) is 6.04. The van der Waals surface area contributed by atoms with E-state index >= 15 is 0 Å². The van der Waals surface area contributed by atoms with E-state index in [9.17, 15) is 4.79 Å². The van der Waals surface area contributed by atoms with Gasteiger partial charge in [-0.15, -0.1) is 0 Å². The maximum atomic E-state index is 13.1. The first-order valence-electron chi connectivity index (χ1n) is 10.7. The average Bonchev–Trinajstić information content (AvgIpc) is 3.11. The number of carbonyl (C=O) groups is 1. The summed E-state index contributed by atoms with van der Waals surface area (Å²) in [5.74, 6) is 2.54. The van der Waals surface area contributed by atoms with Gasteiger partial charge in [-0.25, -0.2) is 0 Å². The van der Waals surface area contributed by atoms with Gasteiger partial charge < -0.3 is 14.2 Å². The predicted molar refractivity (Wildman–Crippen MR) is 123 cm³/mol. The molecule has 2 aliphatic heterocycles. The first-order valence-corrected chi connectivity index (χ1v) is 10.7. The zero-order chi connectivity index (χ0) is 22.2. The van der Waals surface area contributed by atoms with Crippen molar-refractivity contribution in [1.29, 1.82) is 0 Å². The predicted octanol–water partition coefficient (Wildman–Crippen LogP) is 5.28. The van der Waals surface area contributed by atoms with Gasteiger partial charge in [0, 0.05) is 24.2 Å². The summed E-state index contributed by atoms with van der Waals surface area (Å²) in [5.41, 5.74) is 5.75. The summed E-state index contributed by atoms with van der Waals surface area (Å²) in [6.07, 6.45) is 1.83. The minimum Gasteiger partial charge on any atom is -0.497 e. The second-order valence-corrected chi connectivity index (χ2v) is 8.27. The Morgan fingerprint density at radius 2 is 1.84 bits per heavy atom. The smallest absolute Gasteiger partial charge is 0.231 e. The molecule has 0 radical (unpaired) electrons. The Balaban J connectivity index is 1.40. The number of hydrogen-bond donors (Lipinski definition) is 0. The number of benzene rings is 3. The maximum Gasteiger partial charge on any atom is 0.231 e. The fourth-order valence-corrected chi connectivity index (χ4v) is 4.28. The topological polar surface area (TPSA) is 48.0 Å². The monoisotopic (exact) mass is 427 g/mol. The van der Waals surface area contributed by atoms with Crippen LogP contribution in [0.2, 0.25) is 0 Å². The Morgan fingerprint density at radius 1 is 1.06 bits per heavy atom. The lowest BCUT2D eigenvalue weighted by Gasteiger charge is -2.30. The Kier molecular flexibility index (Phi) is 5.19. The van der Waals surface area contributed by atoms with Crippen molar-refractivity contribution in [2.75, 3.05) is 13.8 Å². The Bertz CT molecular complexity index is 1230. The molecule has 0 saturated carbocycles. The SMILES string of the molecule is COc1ccc(CN2COc3c(cc4c(c3C)O/C(=C\c3ccccc3C)C4=O)C2)cc1. The molecule has 0 aliphatic carbocycles. The molecule has 32 heavy (non-hydrogen) atoms. The Hall–Kier alpha value is -3.57. The number of carbonyl (C=O) groups excluding carboxylic acids is 1. The minimum atomic E-state index is -0.0820. The molecule has 0 unspecified atom stereocenters. The maximum absolute atomic E-state index is 13.1. The van der Waals surface area contributed by atoms with E-state index in [0.29, 0.717) is 30.3 Å². The average molecular weight is 428 g/mol. The molecule has 0 saturated heterocycles. The number of allylic oxidation sites excluding steroid dienone is 1. The van der Waals surface area contributed by atoms with Crippen molar-refractivity contribution in [3.63, 3.8) is 0 Å². The fourth-order valence-electron chi connectivity index (χ4n) is 4.28. The molecule has 0 N–H and O–H groups in total. The third kappa shape index (κ3) is 3.65. The van der Waals surface area contributed by atoms with Gasteiger partial charge in [0.25, 0.3) is 0 Å². The van der Waals surface area contributed by atoms with Gasteiger partial charge in [0.15, 0.2) is 5.76 Å². The molecule has 2 aliphatic rings. The summed E-state index contributed by atoms with van der Waals surface area (Å²) in [6, 6.07) is 17.9. The number of Topliss-reactive ketones (excluding diaryl/α,β-unsaturated/α-hetero) is 1. The van der Waals surface area contributed by atoms with Gasteiger partial charge in [0.1, 0.15) is 24.0 Å². The molecule has 0 atom stereocenters. The molecule has 0 bridgehead atoms. The van der Waals surface area contributed by atoms with Crippen molar-refractivity contribution in [1.82, 2.24) is 4.90 Å². The van der Waals surface area contributed by atoms with Crippen molar-refractivity contribution in [3.05, 3.63) is 93.7 Å². The lowest BCUT2D eigenvalue weighted by molar-refractivity contribution is 0.0876. The van der Waals surface area contributed by atoms with Crippen LogP contribution in [-0.2, 0) is 13.1 Å². The number of ketones is 1. The minimum absolute atomic E-state index is 0.0820. The van der Waals surface area contributed by atoms with E-state index in [1.807, 2.05) is 62.4 Å². The van der Waals surface area contributed by atoms with E-state index in [1.54, 1.807) is 7.11 Å². The van der Waals surface area contributed by atoms with E-state index in [0.717, 1.165) is 40.3 Å². The van der Waals surface area contributed by atoms with Crippen molar-refractivity contribution in [2.45, 2.75) is 26.9 Å². The van der Waals surface area contributed by atoms with E-state index in [-0.39, 0.29) is 5.78 Å². The number of ether oxygens (including phenoxy) is 3. The summed E-state index contributed by atoms with van der Waals surface area (Å²) >= 11 is 0. The van der Waals surface area contributed by atoms with Crippen LogP contribution in [-0.4, -0.2) is 24.5 Å². The van der Waals surface area contributed by atoms with Crippen LogP contribution in [0, 0.1) is 13.8 Å². The first kappa shape index (κ1) is 20.3. The molecule has 5 heteroatoms. The highest BCUT2D eigenvalue weighted by molar-refractivity contribution is 6.15. The summed E-state index contributed by atoms with van der Waals surface area (Å²) in [7, 11) is 1.66. The largest absolute Gasteiger partial charge is 0.497 e. The lowest BCUT2D eigenvalue weighted by Crippen LogP contribution is -2.32. The van der Waals surface area contributed by atoms with Crippen molar-refractivity contribution in [3.8, 4) is 17.2 Å². The van der Waals surface area contributed by atoms with E-state index < -0.39 is 0 Å². The second-order valence-electron chi connectivity index (χ2n) is 8.27. The molecule has 5 nitrogen and oxygen atoms in total. The molecular formula is C27H25NO4. The number of rotatable bonds is 4. The molecule has 3 aromatic carbocycles. The molecule has 0 fully saturated rings. The van der Waals surface area contributed by atoms with E-state index in [1.165, 1.54) is 5.56 Å². The van der Waals surface area contributed by atoms with Crippen LogP contribution in [0.15, 0.2) is 60.4 Å². The summed E-state index contributed by atoms with van der Waals surface area (Å²) in [6.45, 7) is 5.93. The zero-order valence-electron chi connectivity index (χ0n) is 18.5. The molecule has 0 aromatic heterocycles. The molecule has 5 rings (SSSR count). The van der Waals surface area contributed by atoms with E-state index in [4.69, 9.17) is 14.2 Å². The Morgan fingerprint density at radius 3 is 2.59 bits per heavy atom. The quantitative estimate of drug-likeness (QED) is 0.530. The normalized spacial score (nSPS) is 16.3. The van der Waals surface area contributed by atoms with E-state index in [2.05, 4.69) is 17.0 Å². The lowest BCUT2D eigenvalue weighted by atomic mass is 9.99. The zero-order valence-corrected chi connectivity index (χ0v) is 18.5. The molecule has 0 amide bonds. The standard InChI is InChI=1S/C27H25NO4/c1-17-6-4-5-7-20(17)13-24-25(29)23-12-21-15-28(14-19-8-10-22(30-3)11-9-19)16-31-26(21)18(2)27(23)32-24/h4-13H,14-16H2,1-3H3/b24-13-. The van der Waals surface area contributed by atoms with Gasteiger partial charge in [-0.05, 0) is 54.8 Å². The van der Waals surface area contributed by atoms with Gasteiger partial charge >= 0.3 is 0 Å². The van der Waals surface area contributed by atoms with Gasteiger partial charge in [0.2, 0.25) is 5.78 Å². The first-order chi connectivity index (χ1) is 15.5. The van der Waals surface area contributed by atoms with Crippen LogP contribution < -0.4 is 14.2 Å². The van der Waals surface area contributed by atoms with Crippen LogP contribution in [0.4, 0.5) is 0 Å². The summed E-state index contributed by atoms with van der Waals surface area (Å²) < 4.78 is 17.4. The molecule has 3 aromatic rings. The van der Waals surface area contributed by atoms with Gasteiger partial charge in [0.05, 0.1) is 12.7 Å². The summed E-state index contributed by atoms with van der Waals surface area (Å²) in [4.78, 5) is 15.3. The van der Waals surface area contributed by atoms with Crippen molar-refractivity contribution >= 4 is 11.9 Å². The van der Waals surface area contributed by atoms with Crippen molar-refractivity contribution in [2.24, 2.45) is 0 Å². The number of aryl methyl sites for hydroxylation is 1. The van der Waals surface area contributed by atoms with Crippen LogP contribution in [0.3, 0.4) is 0 Å². The molecule has 2 heterocycles. The van der Waals surface area contributed by atoms with Gasteiger partial charge in [-0.3, -0.25) is 9.69 Å². The third-order valence-corrected chi connectivity index (χ3v) is 6.04. The summed E-state index contributed by atoms with van der Waals surface area (Å²) in [5, 5.41) is 0. The number of methoxy groups -OCH3 is 1. The van der Waals surface area contributed by atoms with Gasteiger partial charge in [-0.2, -0.15) is 0 Å². The highest BCUT2D eigenvalue weighted by atomic mass is 16.5. The number of hydrogen-bond acceptors (Lipinski definition) is 5. The highest BCUT2D eigenvalue weighted by Gasteiger charge is 2.33. The van der Waals surface area contributed by atoms with Crippen LogP contribution >= 0.6 is 0 Å². The fraction of sp³-hybridized carbons (Fsp3) is 0.222. The van der Waals surface area contributed by atoms with Crippen LogP contribution in [0.5, 0.6) is 17.2 Å². The Labute approximate surface area is 187 Å².